The van der Waals surface area contributed by atoms with Crippen molar-refractivity contribution in [3.63, 3.8) is 0 Å². The van der Waals surface area contributed by atoms with Crippen molar-refractivity contribution in [2.45, 2.75) is 103 Å². The van der Waals surface area contributed by atoms with Gasteiger partial charge in [0.25, 0.3) is 0 Å². The zero-order valence-electron chi connectivity index (χ0n) is 23.4. The lowest BCUT2D eigenvalue weighted by Crippen LogP contribution is -2.65. The highest BCUT2D eigenvalue weighted by Gasteiger charge is 2.54. The second kappa shape index (κ2) is 12.3. The van der Waals surface area contributed by atoms with E-state index in [0.717, 1.165) is 9.82 Å². The topological polar surface area (TPSA) is 114 Å². The Kier molecular flexibility index (Phi) is 11.9. The summed E-state index contributed by atoms with van der Waals surface area (Å²) >= 11 is 0. The minimum atomic E-state index is -6.72. The fourth-order valence-corrected chi connectivity index (χ4v) is 8.32. The van der Waals surface area contributed by atoms with E-state index >= 15 is 0 Å². The van der Waals surface area contributed by atoms with Gasteiger partial charge in [-0.25, -0.2) is 16.8 Å². The van der Waals surface area contributed by atoms with E-state index < -0.39 is 39.9 Å². The van der Waals surface area contributed by atoms with Gasteiger partial charge >= 0.3 is 19.8 Å². The summed E-state index contributed by atoms with van der Waals surface area (Å²) in [6, 6.07) is 6.15. The highest BCUT2D eigenvalue weighted by molar-refractivity contribution is 8.13. The van der Waals surface area contributed by atoms with E-state index in [1.165, 1.54) is 0 Å². The monoisotopic (exact) mass is 634 g/mol. The maximum Gasteiger partial charge on any atom is 0.571 e. The molecule has 1 rings (SSSR count). The molecular formula is C21H36F6N2O7S2Si. The van der Waals surface area contributed by atoms with Crippen molar-refractivity contribution in [2.75, 3.05) is 0 Å². The molecule has 230 valence electrons. The molecule has 39 heavy (non-hydrogen) atoms. The van der Waals surface area contributed by atoms with Crippen LogP contribution in [0.5, 0.6) is 0 Å². The molecule has 0 N–H and O–H groups in total. The first-order valence-electron chi connectivity index (χ1n) is 11.2. The Labute approximate surface area is 227 Å². The van der Waals surface area contributed by atoms with E-state index in [0.29, 0.717) is 6.17 Å². The fraction of sp³-hybridized carbons (Fsp3) is 0.762. The molecule has 1 aromatic heterocycles. The highest BCUT2D eigenvalue weighted by Crippen LogP contribution is 2.36. The Morgan fingerprint density at radius 3 is 1.31 bits per heavy atom. The van der Waals surface area contributed by atoms with Crippen LogP contribution in [-0.2, 0) is 39.5 Å². The molecule has 0 fully saturated rings. The van der Waals surface area contributed by atoms with Gasteiger partial charge in [0.2, 0.25) is 6.17 Å². The lowest BCUT2D eigenvalue weighted by atomic mass is 10.2. The summed E-state index contributed by atoms with van der Waals surface area (Å²) in [4.78, 5) is 0. The minimum absolute atomic E-state index is 0.355. The lowest BCUT2D eigenvalue weighted by Gasteiger charge is -2.41. The van der Waals surface area contributed by atoms with Crippen LogP contribution in [0, 0.1) is 6.92 Å². The molecule has 0 aliphatic rings. The number of nitrogens with zero attached hydrogens (tertiary/aromatic N) is 2. The van der Waals surface area contributed by atoms with Gasteiger partial charge in [-0.3, -0.25) is 0 Å². The molecule has 18 heteroatoms. The van der Waals surface area contributed by atoms with Crippen LogP contribution in [-0.4, -0.2) is 53.5 Å². The summed E-state index contributed by atoms with van der Waals surface area (Å²) in [5.41, 5.74) is -12.3. The molecule has 0 saturated heterocycles. The third kappa shape index (κ3) is 13.7. The van der Waals surface area contributed by atoms with Gasteiger partial charge in [-0.15, -0.1) is 0 Å². The second-order valence-electron chi connectivity index (χ2n) is 11.2. The third-order valence-corrected chi connectivity index (χ3v) is 9.94. The van der Waals surface area contributed by atoms with E-state index in [2.05, 4.69) is 86.1 Å². The molecule has 0 unspecified atom stereocenters. The Hall–Kier alpha value is -1.31. The van der Waals surface area contributed by atoms with Gasteiger partial charge in [0.1, 0.15) is 0 Å². The molecule has 0 radical (unpaired) electrons. The summed E-state index contributed by atoms with van der Waals surface area (Å²) in [5.74, 6) is 0. The van der Waals surface area contributed by atoms with Crippen molar-refractivity contribution in [1.82, 2.24) is 0 Å². The first-order valence-corrected chi connectivity index (χ1v) is 16.1. The van der Waals surface area contributed by atoms with Gasteiger partial charge < -0.3 is 17.4 Å². The van der Waals surface area contributed by atoms with Gasteiger partial charge in [-0.2, -0.15) is 30.9 Å². The molecule has 0 saturated carbocycles. The zero-order chi connectivity index (χ0) is 31.5. The normalized spacial score (nSPS) is 14.6. The first-order chi connectivity index (χ1) is 16.8. The molecule has 0 bridgehead atoms. The van der Waals surface area contributed by atoms with Gasteiger partial charge in [0.05, 0.1) is 16.8 Å². The predicted octanol–water partition coefficient (Wildman–Crippen LogP) is 5.27. The maximum absolute atomic E-state index is 11.4. The quantitative estimate of drug-likeness (QED) is 0.228. The Balaban J connectivity index is 0.000000830. The van der Waals surface area contributed by atoms with Crippen molar-refractivity contribution in [3.8, 4) is 0 Å². The SMILES string of the molecule is Cc1cccc[n+]1C[Si](OC(C)(C)C)(OC(C)(C)C)OC(C)(C)C.O=S(=O)([N-]S(=O)(=O)C(F)(F)F)C(F)(F)F. The van der Waals surface area contributed by atoms with Crippen molar-refractivity contribution >= 4 is 28.9 Å². The van der Waals surface area contributed by atoms with Gasteiger partial charge in [-0.1, -0.05) is 6.07 Å². The van der Waals surface area contributed by atoms with E-state index in [1.54, 1.807) is 0 Å². The van der Waals surface area contributed by atoms with Crippen LogP contribution in [0.15, 0.2) is 24.4 Å². The number of rotatable bonds is 7. The first kappa shape index (κ1) is 37.7. The van der Waals surface area contributed by atoms with Crippen LogP contribution in [0.1, 0.15) is 68.0 Å². The van der Waals surface area contributed by atoms with Crippen LogP contribution >= 0.6 is 0 Å². The van der Waals surface area contributed by atoms with Crippen LogP contribution in [0.3, 0.4) is 0 Å². The number of pyridine rings is 1. The van der Waals surface area contributed by atoms with Crippen LogP contribution in [0.25, 0.3) is 4.13 Å². The minimum Gasteiger partial charge on any atom is -0.421 e. The van der Waals surface area contributed by atoms with Crippen LogP contribution in [0.4, 0.5) is 26.3 Å². The molecule has 0 aliphatic carbocycles. The predicted molar refractivity (Wildman–Crippen MR) is 133 cm³/mol. The van der Waals surface area contributed by atoms with Gasteiger partial charge in [-0.05, 0) is 62.3 Å². The molecular weight excluding hydrogens is 598 g/mol. The maximum atomic E-state index is 11.4. The number of halogens is 6. The zero-order valence-corrected chi connectivity index (χ0v) is 26.0. The van der Waals surface area contributed by atoms with Crippen LogP contribution < -0.4 is 4.57 Å². The Morgan fingerprint density at radius 2 is 1.05 bits per heavy atom. The van der Waals surface area contributed by atoms with Crippen molar-refractivity contribution in [2.24, 2.45) is 0 Å². The van der Waals surface area contributed by atoms with Crippen LogP contribution in [0.2, 0.25) is 0 Å². The standard InChI is InChI=1S/C19H36NO3Si.C2F6NO4S2/c1-16-13-11-12-14-20(16)15-24(21-17(2,3)4,22-18(5,6)7)23-19(8,9)10;3-1(4,5)14(10,11)9-15(12,13)2(6,7)8/h11-14H,15H2,1-10H3;/q+1;-1. The highest BCUT2D eigenvalue weighted by atomic mass is 32.3. The molecule has 0 aliphatic heterocycles. The van der Waals surface area contributed by atoms with E-state index in [1.807, 2.05) is 12.1 Å². The Bertz CT molecular complexity index is 1090. The van der Waals surface area contributed by atoms with E-state index in [-0.39, 0.29) is 16.8 Å². The third-order valence-electron chi connectivity index (χ3n) is 3.70. The number of hydrogen-bond donors (Lipinski definition) is 0. The molecule has 0 amide bonds. The largest absolute Gasteiger partial charge is 0.571 e. The number of sulfonamides is 2. The molecule has 0 atom stereocenters. The average molecular weight is 635 g/mol. The molecule has 0 spiro atoms. The lowest BCUT2D eigenvalue weighted by molar-refractivity contribution is -0.692. The smallest absolute Gasteiger partial charge is 0.421 e. The average Bonchev–Trinajstić information content (AvgIpc) is 2.56. The van der Waals surface area contributed by atoms with E-state index in [9.17, 15) is 43.2 Å². The van der Waals surface area contributed by atoms with E-state index in [4.69, 9.17) is 13.3 Å². The summed E-state index contributed by atoms with van der Waals surface area (Å²) in [7, 11) is -16.5. The second-order valence-corrected chi connectivity index (χ2v) is 16.9. The van der Waals surface area contributed by atoms with Crippen molar-refractivity contribution in [1.29, 1.82) is 0 Å². The molecule has 1 heterocycles. The van der Waals surface area contributed by atoms with Gasteiger partial charge in [0, 0.05) is 19.1 Å². The number of alkyl halides is 6. The van der Waals surface area contributed by atoms with Gasteiger partial charge in [0.15, 0.2) is 31.9 Å². The fourth-order valence-electron chi connectivity index (χ4n) is 2.72. The molecule has 1 aromatic rings. The Morgan fingerprint density at radius 1 is 0.718 bits per heavy atom. The molecule has 0 aromatic carbocycles. The molecule has 9 nitrogen and oxygen atoms in total. The van der Waals surface area contributed by atoms with Crippen molar-refractivity contribution < 1.29 is 61.0 Å². The summed E-state index contributed by atoms with van der Waals surface area (Å²) < 4.78 is 131. The summed E-state index contributed by atoms with van der Waals surface area (Å²) in [6.07, 6.45) is 2.65. The summed E-state index contributed by atoms with van der Waals surface area (Å²) in [5, 5.41) is 0. The van der Waals surface area contributed by atoms with Crippen molar-refractivity contribution in [3.05, 3.63) is 34.2 Å². The number of aryl methyl sites for hydroxylation is 1. The summed E-state index contributed by atoms with van der Waals surface area (Å²) in [6.45, 7) is 20.5. The number of aromatic nitrogens is 1. The number of hydrogen-bond acceptors (Lipinski definition) is 7.